The number of amides is 1. The number of benzene rings is 2. The van der Waals surface area contributed by atoms with E-state index in [1.807, 2.05) is 24.3 Å². The van der Waals surface area contributed by atoms with Crippen LogP contribution < -0.4 is 0 Å². The number of carbonyl (C=O) groups excluding carboxylic acids is 2. The number of likely N-dealkylation sites (tertiary alicyclic amines) is 1. The van der Waals surface area contributed by atoms with Crippen molar-refractivity contribution in [2.45, 2.75) is 6.04 Å². The number of hydrogen-bond acceptors (Lipinski definition) is 5. The number of morpholine rings is 1. The van der Waals surface area contributed by atoms with Gasteiger partial charge in [0.1, 0.15) is 11.6 Å². The van der Waals surface area contributed by atoms with E-state index >= 15 is 0 Å². The average molecular weight is 489 g/mol. The number of ketones is 1. The summed E-state index contributed by atoms with van der Waals surface area (Å²) < 4.78 is 19.5. The van der Waals surface area contributed by atoms with Crippen LogP contribution in [0.4, 0.5) is 4.39 Å². The first kappa shape index (κ1) is 21.7. The predicted molar refractivity (Wildman–Crippen MR) is 117 cm³/mol. The lowest BCUT2D eigenvalue weighted by molar-refractivity contribution is -0.140. The molecule has 0 unspecified atom stereocenters. The van der Waals surface area contributed by atoms with E-state index in [0.717, 1.165) is 17.6 Å². The van der Waals surface area contributed by atoms with E-state index in [9.17, 15) is 19.1 Å². The summed E-state index contributed by atoms with van der Waals surface area (Å²) in [6.07, 6.45) is 0. The molecule has 2 aromatic rings. The van der Waals surface area contributed by atoms with Crippen LogP contribution in [-0.4, -0.2) is 66.0 Å². The van der Waals surface area contributed by atoms with Gasteiger partial charge in [-0.05, 0) is 42.0 Å². The first-order chi connectivity index (χ1) is 15.0. The fourth-order valence-electron chi connectivity index (χ4n) is 3.97. The highest BCUT2D eigenvalue weighted by Gasteiger charge is 2.46. The van der Waals surface area contributed by atoms with Gasteiger partial charge in [0.25, 0.3) is 11.7 Å². The molecule has 2 heterocycles. The molecule has 2 aliphatic heterocycles. The van der Waals surface area contributed by atoms with Crippen molar-refractivity contribution in [2.75, 3.05) is 39.4 Å². The molecular weight excluding hydrogens is 467 g/mol. The Hall–Kier alpha value is -2.55. The predicted octanol–water partition coefficient (Wildman–Crippen LogP) is 3.34. The van der Waals surface area contributed by atoms with Gasteiger partial charge in [0.15, 0.2) is 0 Å². The molecule has 31 heavy (non-hydrogen) atoms. The third-order valence-corrected chi connectivity index (χ3v) is 6.08. The molecule has 2 fully saturated rings. The van der Waals surface area contributed by atoms with Crippen molar-refractivity contribution in [3.63, 3.8) is 0 Å². The molecule has 0 aromatic heterocycles. The quantitative estimate of drug-likeness (QED) is 0.397. The summed E-state index contributed by atoms with van der Waals surface area (Å²) in [6.45, 7) is 3.73. The van der Waals surface area contributed by atoms with Gasteiger partial charge in [-0.3, -0.25) is 14.5 Å². The highest BCUT2D eigenvalue weighted by atomic mass is 79.9. The molecular formula is C23H22BrFN2O4. The highest BCUT2D eigenvalue weighted by molar-refractivity contribution is 9.10. The zero-order chi connectivity index (χ0) is 22.0. The molecule has 4 rings (SSSR count). The molecule has 1 atom stereocenters. The molecule has 2 aliphatic rings. The summed E-state index contributed by atoms with van der Waals surface area (Å²) in [5.74, 6) is -2.15. The van der Waals surface area contributed by atoms with E-state index in [-0.39, 0.29) is 16.9 Å². The number of rotatable bonds is 5. The van der Waals surface area contributed by atoms with Crippen LogP contribution in [0.3, 0.4) is 0 Å². The molecule has 0 radical (unpaired) electrons. The maximum Gasteiger partial charge on any atom is 0.295 e. The summed E-state index contributed by atoms with van der Waals surface area (Å²) in [6, 6.07) is 11.8. The van der Waals surface area contributed by atoms with Crippen LogP contribution >= 0.6 is 15.9 Å². The van der Waals surface area contributed by atoms with E-state index in [4.69, 9.17) is 4.74 Å². The molecule has 2 saturated heterocycles. The van der Waals surface area contributed by atoms with Gasteiger partial charge in [0.2, 0.25) is 0 Å². The van der Waals surface area contributed by atoms with Crippen molar-refractivity contribution in [3.05, 3.63) is 75.5 Å². The molecule has 2 aromatic carbocycles. The van der Waals surface area contributed by atoms with Crippen molar-refractivity contribution < 1.29 is 23.8 Å². The number of Topliss-reactive ketones (excluding diaryl/α,β-unsaturated/α-hetero) is 1. The van der Waals surface area contributed by atoms with E-state index < -0.39 is 23.5 Å². The standard InChI is InChI=1S/C23H22BrFN2O4/c24-17-3-1-2-16(14-17)20-19(21(28)15-4-6-18(25)7-5-15)22(29)23(30)27(20)9-8-26-10-12-31-13-11-26/h1-7,14,20,28H,8-13H2/b21-19+/t20-/m1/s1. The number of ether oxygens (including phenoxy) is 1. The molecule has 0 saturated carbocycles. The lowest BCUT2D eigenvalue weighted by atomic mass is 9.95. The van der Waals surface area contributed by atoms with E-state index in [1.165, 1.54) is 29.2 Å². The first-order valence-corrected chi connectivity index (χ1v) is 10.8. The third kappa shape index (κ3) is 4.56. The van der Waals surface area contributed by atoms with Crippen LogP contribution in [0.1, 0.15) is 17.2 Å². The molecule has 1 N–H and O–H groups in total. The number of carbonyl (C=O) groups is 2. The number of aliphatic hydroxyl groups is 1. The lowest BCUT2D eigenvalue weighted by Crippen LogP contribution is -2.42. The van der Waals surface area contributed by atoms with Gasteiger partial charge in [0.05, 0.1) is 24.8 Å². The van der Waals surface area contributed by atoms with Crippen molar-refractivity contribution in [3.8, 4) is 0 Å². The SMILES string of the molecule is O=C1C(=O)N(CCN2CCOCC2)[C@H](c2cccc(Br)c2)/C1=C(\O)c1ccc(F)cc1. The topological polar surface area (TPSA) is 70.1 Å². The van der Waals surface area contributed by atoms with E-state index in [1.54, 1.807) is 0 Å². The summed E-state index contributed by atoms with van der Waals surface area (Å²) in [5.41, 5.74) is 1.00. The highest BCUT2D eigenvalue weighted by Crippen LogP contribution is 2.39. The number of aliphatic hydroxyl groups excluding tert-OH is 1. The minimum atomic E-state index is -0.742. The van der Waals surface area contributed by atoms with Gasteiger partial charge in [0, 0.05) is 36.2 Å². The van der Waals surface area contributed by atoms with Crippen molar-refractivity contribution >= 4 is 33.4 Å². The molecule has 0 spiro atoms. The second kappa shape index (κ2) is 9.30. The Labute approximate surface area is 188 Å². The van der Waals surface area contributed by atoms with E-state index in [2.05, 4.69) is 20.8 Å². The zero-order valence-corrected chi connectivity index (χ0v) is 18.3. The lowest BCUT2D eigenvalue weighted by Gasteiger charge is -2.31. The number of halogens is 2. The Morgan fingerprint density at radius 1 is 1.10 bits per heavy atom. The van der Waals surface area contributed by atoms with Crippen LogP contribution in [-0.2, 0) is 14.3 Å². The minimum Gasteiger partial charge on any atom is -0.507 e. The largest absolute Gasteiger partial charge is 0.507 e. The zero-order valence-electron chi connectivity index (χ0n) is 16.8. The monoisotopic (exact) mass is 488 g/mol. The van der Waals surface area contributed by atoms with Crippen molar-refractivity contribution in [2.24, 2.45) is 0 Å². The maximum absolute atomic E-state index is 13.3. The summed E-state index contributed by atoms with van der Waals surface area (Å²) in [5, 5.41) is 11.0. The second-order valence-corrected chi connectivity index (χ2v) is 8.42. The Balaban J connectivity index is 1.73. The van der Waals surface area contributed by atoms with Gasteiger partial charge in [-0.1, -0.05) is 28.1 Å². The van der Waals surface area contributed by atoms with Gasteiger partial charge >= 0.3 is 0 Å². The van der Waals surface area contributed by atoms with E-state index in [0.29, 0.717) is 31.9 Å². The Morgan fingerprint density at radius 2 is 1.81 bits per heavy atom. The molecule has 0 bridgehead atoms. The fraction of sp³-hybridized carbons (Fsp3) is 0.304. The van der Waals surface area contributed by atoms with Gasteiger partial charge < -0.3 is 14.7 Å². The van der Waals surface area contributed by atoms with Crippen LogP contribution in [0.2, 0.25) is 0 Å². The molecule has 8 heteroatoms. The van der Waals surface area contributed by atoms with Crippen LogP contribution in [0, 0.1) is 5.82 Å². The van der Waals surface area contributed by atoms with Crippen molar-refractivity contribution in [1.29, 1.82) is 0 Å². The normalized spacial score (nSPS) is 21.6. The summed E-state index contributed by atoms with van der Waals surface area (Å²) in [4.78, 5) is 29.6. The Morgan fingerprint density at radius 3 is 2.48 bits per heavy atom. The molecule has 6 nitrogen and oxygen atoms in total. The first-order valence-electron chi connectivity index (χ1n) is 10.1. The van der Waals surface area contributed by atoms with Crippen molar-refractivity contribution in [1.82, 2.24) is 9.80 Å². The molecule has 162 valence electrons. The Kier molecular flexibility index (Phi) is 6.50. The van der Waals surface area contributed by atoms with Gasteiger partial charge in [-0.2, -0.15) is 0 Å². The Bertz CT molecular complexity index is 1020. The fourth-order valence-corrected chi connectivity index (χ4v) is 4.39. The molecule has 0 aliphatic carbocycles. The average Bonchev–Trinajstić information content (AvgIpc) is 3.03. The number of nitrogens with zero attached hydrogens (tertiary/aromatic N) is 2. The van der Waals surface area contributed by atoms with Gasteiger partial charge in [-0.25, -0.2) is 4.39 Å². The smallest absolute Gasteiger partial charge is 0.295 e. The van der Waals surface area contributed by atoms with Crippen LogP contribution in [0.15, 0.2) is 58.6 Å². The maximum atomic E-state index is 13.3. The van der Waals surface area contributed by atoms with Crippen LogP contribution in [0.25, 0.3) is 5.76 Å². The van der Waals surface area contributed by atoms with Gasteiger partial charge in [-0.15, -0.1) is 0 Å². The summed E-state index contributed by atoms with van der Waals surface area (Å²) in [7, 11) is 0. The summed E-state index contributed by atoms with van der Waals surface area (Å²) >= 11 is 3.44. The van der Waals surface area contributed by atoms with Crippen LogP contribution in [0.5, 0.6) is 0 Å². The third-order valence-electron chi connectivity index (χ3n) is 5.58. The molecule has 1 amide bonds. The second-order valence-electron chi connectivity index (χ2n) is 7.51. The minimum absolute atomic E-state index is 0.0108. The number of hydrogen-bond donors (Lipinski definition) is 1.